The summed E-state index contributed by atoms with van der Waals surface area (Å²) in [6.07, 6.45) is -9.90. The summed E-state index contributed by atoms with van der Waals surface area (Å²) in [4.78, 5) is 35.4. The molecule has 0 spiro atoms. The van der Waals surface area contributed by atoms with Crippen LogP contribution in [0.2, 0.25) is 0 Å². The summed E-state index contributed by atoms with van der Waals surface area (Å²) in [5.41, 5.74) is 2.20. The molecule has 0 amide bonds. The number of likely N-dealkylation sites (N-methyl/N-ethyl adjacent to an activating group) is 1. The second kappa shape index (κ2) is 21.4. The summed E-state index contributed by atoms with van der Waals surface area (Å²) >= 11 is 0. The number of aliphatic hydroxyl groups is 6. The number of nitrogens with zero attached hydrogens (tertiary/aromatic N) is 1. The molecule has 0 saturated carbocycles. The van der Waals surface area contributed by atoms with E-state index in [0.717, 1.165) is 6.92 Å². The van der Waals surface area contributed by atoms with Gasteiger partial charge in [0.05, 0.1) is 47.6 Å². The van der Waals surface area contributed by atoms with E-state index in [4.69, 9.17) is 39.3 Å². The average Bonchev–Trinajstić information content (AvgIpc) is 3.15. The first-order chi connectivity index (χ1) is 26.6. The van der Waals surface area contributed by atoms with Gasteiger partial charge >= 0.3 is 5.97 Å². The van der Waals surface area contributed by atoms with Crippen LogP contribution in [-0.2, 0) is 42.8 Å². The molecule has 3 aliphatic rings. The van der Waals surface area contributed by atoms with Gasteiger partial charge in [-0.1, -0.05) is 27.7 Å². The fraction of sp³-hybridized carbons (Fsp3) is 0.927. The average molecular weight is 837 g/mol. The van der Waals surface area contributed by atoms with Crippen LogP contribution >= 0.6 is 0 Å². The van der Waals surface area contributed by atoms with E-state index in [1.807, 2.05) is 32.8 Å². The molecule has 17 nitrogen and oxygen atoms in total. The molecule has 20 atom stereocenters. The van der Waals surface area contributed by atoms with Crippen LogP contribution < -0.4 is 5.73 Å². The van der Waals surface area contributed by atoms with Gasteiger partial charge in [0.2, 0.25) is 0 Å². The smallest absolute Gasteiger partial charge is 0.311 e. The second-order valence-corrected chi connectivity index (χ2v) is 18.0. The van der Waals surface area contributed by atoms with Gasteiger partial charge in [0.25, 0.3) is 0 Å². The number of Topliss-reactive ketones (excluding diaryl/α,β-unsaturated/α-hetero) is 1. The molecular weight excluding hydrogens is 760 g/mol. The predicted molar refractivity (Wildman–Crippen MR) is 212 cm³/mol. The minimum atomic E-state index is -1.85. The molecule has 0 aromatic carbocycles. The summed E-state index contributed by atoms with van der Waals surface area (Å²) in [5.74, 6) is -4.08. The number of hydrogen-bond acceptors (Lipinski definition) is 17. The zero-order chi connectivity index (χ0) is 44.8. The first-order valence-electron chi connectivity index (χ1n) is 20.5. The highest BCUT2D eigenvalue weighted by Crippen LogP contribution is 2.41. The zero-order valence-electron chi connectivity index (χ0n) is 37.1. The highest BCUT2D eigenvalue weighted by Gasteiger charge is 2.53. The molecule has 58 heavy (non-hydrogen) atoms. The number of methoxy groups -OCH3 is 1. The van der Waals surface area contributed by atoms with Crippen molar-refractivity contribution in [2.75, 3.05) is 21.2 Å². The third-order valence-electron chi connectivity index (χ3n) is 12.7. The van der Waals surface area contributed by atoms with Gasteiger partial charge in [0.15, 0.2) is 30.8 Å². The number of esters is 1. The standard InChI is InChI=1S/C37H70N2O12.C4H6O3/c1-14-25-37(10,45)30(41)20(4)27(38)18(2)16-35(8,44)32(51-34-28(40)24(39(11)12)15-19(3)47-34)21(5)29(22(6)33(43)49-25)50-26-17-36(9,46-13)31(42)23(7)48-26;1-3(6)4(7)2-5/h18-32,34,40-42,44-45H,14-17,38H2,1-13H3;2,4,7H,1H3/t18-,19-,20+,21+,22-,23+,24+,25-,26+,27+,28-,29-,30-,31+,32-,34+,35-,36-,37-;/m1./s1. The summed E-state index contributed by atoms with van der Waals surface area (Å²) in [7, 11) is 5.24. The maximum Gasteiger partial charge on any atom is 0.311 e. The number of carbonyl (C=O) groups excluding carboxylic acids is 3. The van der Waals surface area contributed by atoms with Crippen LogP contribution in [0.1, 0.15) is 102 Å². The third-order valence-corrected chi connectivity index (χ3v) is 12.7. The van der Waals surface area contributed by atoms with E-state index in [1.54, 1.807) is 48.5 Å². The zero-order valence-corrected chi connectivity index (χ0v) is 37.1. The fourth-order valence-corrected chi connectivity index (χ4v) is 8.72. The van der Waals surface area contributed by atoms with E-state index < -0.39 is 120 Å². The lowest BCUT2D eigenvalue weighted by Crippen LogP contribution is -2.62. The maximum absolute atomic E-state index is 14.1. The van der Waals surface area contributed by atoms with Gasteiger partial charge in [0, 0.05) is 37.5 Å². The van der Waals surface area contributed by atoms with Crippen molar-refractivity contribution in [3.63, 3.8) is 0 Å². The predicted octanol–water partition coefficient (Wildman–Crippen LogP) is 0.679. The van der Waals surface area contributed by atoms with Crippen LogP contribution in [0, 0.1) is 23.7 Å². The molecule has 0 radical (unpaired) electrons. The quantitative estimate of drug-likeness (QED) is 0.0957. The number of rotatable bonds is 9. The molecule has 3 rings (SSSR count). The maximum atomic E-state index is 14.1. The van der Waals surface area contributed by atoms with Crippen LogP contribution in [0.4, 0.5) is 0 Å². The summed E-state index contributed by atoms with van der Waals surface area (Å²) < 4.78 is 37.3. The Kier molecular flexibility index (Phi) is 19.3. The van der Waals surface area contributed by atoms with Crippen molar-refractivity contribution in [2.24, 2.45) is 29.4 Å². The van der Waals surface area contributed by atoms with E-state index in [-0.39, 0.29) is 37.7 Å². The van der Waals surface area contributed by atoms with Crippen LogP contribution in [0.3, 0.4) is 0 Å². The molecule has 3 saturated heterocycles. The van der Waals surface area contributed by atoms with Crippen LogP contribution in [0.15, 0.2) is 0 Å². The number of aliphatic hydroxyl groups excluding tert-OH is 4. The minimum absolute atomic E-state index is 0.0888. The number of ketones is 1. The van der Waals surface area contributed by atoms with Crippen molar-refractivity contribution >= 4 is 18.0 Å². The highest BCUT2D eigenvalue weighted by molar-refractivity contribution is 5.93. The number of nitrogens with two attached hydrogens (primary N) is 1. The normalized spacial score (nSPS) is 46.6. The number of aldehydes is 1. The second-order valence-electron chi connectivity index (χ2n) is 18.0. The third kappa shape index (κ3) is 12.4. The molecule has 17 heteroatoms. The van der Waals surface area contributed by atoms with E-state index in [2.05, 4.69) is 0 Å². The topological polar surface area (TPSA) is 257 Å². The molecule has 0 aromatic heterocycles. The summed E-state index contributed by atoms with van der Waals surface area (Å²) in [6, 6.07) is -0.983. The van der Waals surface area contributed by atoms with Gasteiger partial charge in [-0.2, -0.15) is 0 Å². The van der Waals surface area contributed by atoms with E-state index in [1.165, 1.54) is 14.0 Å². The largest absolute Gasteiger partial charge is 0.459 e. The van der Waals surface area contributed by atoms with Crippen LogP contribution in [-0.4, -0.2) is 171 Å². The van der Waals surface area contributed by atoms with E-state index >= 15 is 0 Å². The molecule has 0 aliphatic carbocycles. The van der Waals surface area contributed by atoms with Crippen LogP contribution in [0.5, 0.6) is 0 Å². The van der Waals surface area contributed by atoms with Crippen molar-refractivity contribution in [1.29, 1.82) is 0 Å². The molecular formula is C41H76N2O15. The van der Waals surface area contributed by atoms with Crippen LogP contribution in [0.25, 0.3) is 0 Å². The fourth-order valence-electron chi connectivity index (χ4n) is 8.72. The Labute approximate surface area is 344 Å². The number of carbonyl (C=O) groups is 3. The Bertz CT molecular complexity index is 1320. The first kappa shape index (κ1) is 52.4. The van der Waals surface area contributed by atoms with Crippen molar-refractivity contribution in [3.8, 4) is 0 Å². The van der Waals surface area contributed by atoms with Crippen molar-refractivity contribution in [2.45, 2.75) is 198 Å². The Morgan fingerprint density at radius 3 is 2.05 bits per heavy atom. The number of hydrogen-bond donors (Lipinski definition) is 7. The number of ether oxygens (including phenoxy) is 6. The molecule has 0 bridgehead atoms. The highest BCUT2D eigenvalue weighted by atomic mass is 16.7. The van der Waals surface area contributed by atoms with Gasteiger partial charge in [-0.25, -0.2) is 0 Å². The molecule has 3 fully saturated rings. The van der Waals surface area contributed by atoms with Gasteiger partial charge < -0.3 is 69.7 Å². The Hall–Kier alpha value is -1.71. The number of cyclic esters (lactones) is 1. The van der Waals surface area contributed by atoms with Gasteiger partial charge in [0.1, 0.15) is 23.9 Å². The molecule has 340 valence electrons. The van der Waals surface area contributed by atoms with E-state index in [9.17, 15) is 39.9 Å². The molecule has 1 unspecified atom stereocenters. The lowest BCUT2D eigenvalue weighted by molar-refractivity contribution is -0.318. The van der Waals surface area contributed by atoms with Crippen molar-refractivity contribution in [3.05, 3.63) is 0 Å². The van der Waals surface area contributed by atoms with Gasteiger partial charge in [-0.15, -0.1) is 0 Å². The molecule has 3 heterocycles. The Morgan fingerprint density at radius 1 is 0.983 bits per heavy atom. The van der Waals surface area contributed by atoms with Crippen molar-refractivity contribution < 1.29 is 73.4 Å². The monoisotopic (exact) mass is 837 g/mol. The van der Waals surface area contributed by atoms with Crippen molar-refractivity contribution in [1.82, 2.24) is 4.90 Å². The Morgan fingerprint density at radius 2 is 1.57 bits per heavy atom. The SMILES string of the molecule is CC(=O)C(O)C=O.CC[C@H]1OC(=O)[C@H](C)[C@H](O[C@H]2C[C@@](C)(OC)[C@@H](O)[C@H](C)O2)[C@H](C)[C@@H](O[C@@H]2O[C@H](C)C[C@H](N(C)C)[C@H]2O)[C@](C)(O)C[C@@H](C)[C@H](N)[C@H](C)[C@@H](O)[C@]1(C)O. The summed E-state index contributed by atoms with van der Waals surface area (Å²) in [6.45, 7) is 18.3. The minimum Gasteiger partial charge on any atom is -0.459 e. The summed E-state index contributed by atoms with van der Waals surface area (Å²) in [5, 5.41) is 66.2. The molecule has 0 aromatic rings. The van der Waals surface area contributed by atoms with Gasteiger partial charge in [-0.05, 0) is 87.7 Å². The molecule has 3 aliphatic heterocycles. The molecule has 8 N–H and O–H groups in total. The van der Waals surface area contributed by atoms with Gasteiger partial charge in [-0.3, -0.25) is 14.4 Å². The lowest BCUT2D eigenvalue weighted by atomic mass is 9.72. The first-order valence-corrected chi connectivity index (χ1v) is 20.5. The Balaban J connectivity index is 0.00000151. The lowest BCUT2D eigenvalue weighted by Gasteiger charge is -2.49. The van der Waals surface area contributed by atoms with E-state index in [0.29, 0.717) is 6.42 Å².